The SMILES string of the molecule is CC1CCC(C(NN)c2cc3ccccc3o2)CC1C. The maximum absolute atomic E-state index is 5.99. The van der Waals surface area contributed by atoms with E-state index < -0.39 is 0 Å². The van der Waals surface area contributed by atoms with Crippen LogP contribution in [0.25, 0.3) is 11.0 Å². The van der Waals surface area contributed by atoms with Gasteiger partial charge in [-0.3, -0.25) is 5.84 Å². The zero-order valence-electron chi connectivity index (χ0n) is 12.3. The number of rotatable bonds is 3. The Morgan fingerprint density at radius 2 is 2.00 bits per heavy atom. The summed E-state index contributed by atoms with van der Waals surface area (Å²) in [6.45, 7) is 4.70. The van der Waals surface area contributed by atoms with Crippen LogP contribution in [0.15, 0.2) is 34.7 Å². The topological polar surface area (TPSA) is 51.2 Å². The summed E-state index contributed by atoms with van der Waals surface area (Å²) < 4.78 is 5.99. The third-order valence-corrected chi connectivity index (χ3v) is 5.04. The van der Waals surface area contributed by atoms with E-state index in [1.54, 1.807) is 0 Å². The maximum atomic E-state index is 5.99. The van der Waals surface area contributed by atoms with Crippen molar-refractivity contribution in [3.8, 4) is 0 Å². The summed E-state index contributed by atoms with van der Waals surface area (Å²) in [5.74, 6) is 8.94. The Labute approximate surface area is 120 Å². The van der Waals surface area contributed by atoms with Crippen LogP contribution in [0.3, 0.4) is 0 Å². The molecule has 1 aliphatic carbocycles. The normalized spacial score (nSPS) is 28.6. The summed E-state index contributed by atoms with van der Waals surface area (Å²) in [7, 11) is 0. The van der Waals surface area contributed by atoms with Gasteiger partial charge < -0.3 is 4.42 Å². The van der Waals surface area contributed by atoms with Gasteiger partial charge in [0.1, 0.15) is 11.3 Å². The lowest BCUT2D eigenvalue weighted by Crippen LogP contribution is -2.36. The molecule has 1 heterocycles. The zero-order valence-corrected chi connectivity index (χ0v) is 12.3. The minimum Gasteiger partial charge on any atom is -0.459 e. The molecular formula is C17H24N2O. The number of nitrogens with two attached hydrogens (primary N) is 1. The lowest BCUT2D eigenvalue weighted by Gasteiger charge is -2.35. The van der Waals surface area contributed by atoms with E-state index in [0.29, 0.717) is 5.92 Å². The highest BCUT2D eigenvalue weighted by Gasteiger charge is 2.32. The Morgan fingerprint density at radius 1 is 1.20 bits per heavy atom. The summed E-state index contributed by atoms with van der Waals surface area (Å²) >= 11 is 0. The van der Waals surface area contributed by atoms with Crippen LogP contribution >= 0.6 is 0 Å². The number of hydrazine groups is 1. The van der Waals surface area contributed by atoms with Gasteiger partial charge in [-0.2, -0.15) is 0 Å². The molecule has 1 aromatic carbocycles. The molecule has 1 fully saturated rings. The molecule has 20 heavy (non-hydrogen) atoms. The fourth-order valence-electron chi connectivity index (χ4n) is 3.50. The summed E-state index contributed by atoms with van der Waals surface area (Å²) in [5.41, 5.74) is 3.94. The predicted octanol–water partition coefficient (Wildman–Crippen LogP) is 4.01. The largest absolute Gasteiger partial charge is 0.459 e. The molecule has 0 radical (unpaired) electrons. The average molecular weight is 272 g/mol. The van der Waals surface area contributed by atoms with Crippen molar-refractivity contribution in [2.24, 2.45) is 23.6 Å². The third kappa shape index (κ3) is 2.48. The fraction of sp³-hybridized carbons (Fsp3) is 0.529. The van der Waals surface area contributed by atoms with Crippen molar-refractivity contribution in [1.82, 2.24) is 5.43 Å². The second-order valence-electron chi connectivity index (χ2n) is 6.36. The first-order chi connectivity index (χ1) is 9.69. The third-order valence-electron chi connectivity index (χ3n) is 5.04. The minimum absolute atomic E-state index is 0.123. The quantitative estimate of drug-likeness (QED) is 0.655. The molecule has 0 amide bonds. The highest BCUT2D eigenvalue weighted by molar-refractivity contribution is 5.77. The number of furan rings is 1. The van der Waals surface area contributed by atoms with E-state index in [-0.39, 0.29) is 6.04 Å². The first-order valence-corrected chi connectivity index (χ1v) is 7.63. The number of benzene rings is 1. The van der Waals surface area contributed by atoms with Crippen molar-refractivity contribution in [2.45, 2.75) is 39.2 Å². The van der Waals surface area contributed by atoms with E-state index in [4.69, 9.17) is 10.3 Å². The Balaban J connectivity index is 1.85. The monoisotopic (exact) mass is 272 g/mol. The zero-order chi connectivity index (χ0) is 14.1. The van der Waals surface area contributed by atoms with E-state index in [1.165, 1.54) is 19.3 Å². The highest BCUT2D eigenvalue weighted by Crippen LogP contribution is 2.40. The number of fused-ring (bicyclic) bond motifs is 1. The Morgan fingerprint density at radius 3 is 2.70 bits per heavy atom. The molecule has 4 unspecified atom stereocenters. The summed E-state index contributed by atoms with van der Waals surface area (Å²) in [4.78, 5) is 0. The molecule has 1 aromatic heterocycles. The Bertz CT molecular complexity index is 544. The van der Waals surface area contributed by atoms with Crippen molar-refractivity contribution < 1.29 is 4.42 Å². The number of nitrogens with one attached hydrogen (secondary N) is 1. The minimum atomic E-state index is 0.123. The fourth-order valence-corrected chi connectivity index (χ4v) is 3.50. The van der Waals surface area contributed by atoms with Gasteiger partial charge in [-0.25, -0.2) is 5.43 Å². The van der Waals surface area contributed by atoms with Crippen molar-refractivity contribution >= 4 is 11.0 Å². The van der Waals surface area contributed by atoms with Gasteiger partial charge in [-0.05, 0) is 42.7 Å². The molecule has 0 spiro atoms. The van der Waals surface area contributed by atoms with Gasteiger partial charge in [0.2, 0.25) is 0 Å². The van der Waals surface area contributed by atoms with Gasteiger partial charge in [-0.15, -0.1) is 0 Å². The lowest BCUT2D eigenvalue weighted by molar-refractivity contribution is 0.161. The molecule has 108 valence electrons. The maximum Gasteiger partial charge on any atom is 0.134 e. The smallest absolute Gasteiger partial charge is 0.134 e. The molecule has 0 bridgehead atoms. The first kappa shape index (κ1) is 13.7. The van der Waals surface area contributed by atoms with Gasteiger partial charge in [0, 0.05) is 5.39 Å². The van der Waals surface area contributed by atoms with Crippen LogP contribution in [0.5, 0.6) is 0 Å². The van der Waals surface area contributed by atoms with Crippen molar-refractivity contribution in [1.29, 1.82) is 0 Å². The second kappa shape index (κ2) is 5.58. The molecule has 3 nitrogen and oxygen atoms in total. The van der Waals surface area contributed by atoms with Gasteiger partial charge in [0.15, 0.2) is 0 Å². The second-order valence-corrected chi connectivity index (χ2v) is 6.36. The van der Waals surface area contributed by atoms with Gasteiger partial charge >= 0.3 is 0 Å². The molecule has 0 saturated heterocycles. The van der Waals surface area contributed by atoms with E-state index >= 15 is 0 Å². The van der Waals surface area contributed by atoms with Gasteiger partial charge in [-0.1, -0.05) is 38.5 Å². The van der Waals surface area contributed by atoms with Crippen LogP contribution in [0, 0.1) is 17.8 Å². The van der Waals surface area contributed by atoms with Crippen LogP contribution < -0.4 is 11.3 Å². The van der Waals surface area contributed by atoms with Gasteiger partial charge in [0.25, 0.3) is 0 Å². The molecule has 2 aromatic rings. The first-order valence-electron chi connectivity index (χ1n) is 7.63. The van der Waals surface area contributed by atoms with Crippen molar-refractivity contribution in [2.75, 3.05) is 0 Å². The number of hydrogen-bond acceptors (Lipinski definition) is 3. The Hall–Kier alpha value is -1.32. The summed E-state index contributed by atoms with van der Waals surface area (Å²) in [6.07, 6.45) is 3.72. The molecule has 0 aliphatic heterocycles. The van der Waals surface area contributed by atoms with Crippen LogP contribution in [0.4, 0.5) is 0 Å². The molecule has 1 aliphatic rings. The number of hydrogen-bond donors (Lipinski definition) is 2. The van der Waals surface area contributed by atoms with Crippen LogP contribution in [-0.4, -0.2) is 0 Å². The van der Waals surface area contributed by atoms with Crippen LogP contribution in [-0.2, 0) is 0 Å². The molecule has 4 atom stereocenters. The molecule has 3 rings (SSSR count). The van der Waals surface area contributed by atoms with Crippen LogP contribution in [0.2, 0.25) is 0 Å². The molecule has 3 N–H and O–H groups in total. The predicted molar refractivity (Wildman–Crippen MR) is 81.9 cm³/mol. The average Bonchev–Trinajstić information content (AvgIpc) is 2.87. The van der Waals surface area contributed by atoms with E-state index in [0.717, 1.165) is 28.6 Å². The van der Waals surface area contributed by atoms with Crippen molar-refractivity contribution in [3.05, 3.63) is 36.1 Å². The molecular weight excluding hydrogens is 248 g/mol. The lowest BCUT2D eigenvalue weighted by atomic mass is 9.73. The highest BCUT2D eigenvalue weighted by atomic mass is 16.3. The summed E-state index contributed by atoms with van der Waals surface area (Å²) in [6, 6.07) is 10.4. The van der Waals surface area contributed by atoms with E-state index in [2.05, 4.69) is 31.4 Å². The van der Waals surface area contributed by atoms with E-state index in [9.17, 15) is 0 Å². The van der Waals surface area contributed by atoms with Crippen molar-refractivity contribution in [3.63, 3.8) is 0 Å². The Kier molecular flexibility index (Phi) is 3.81. The standard InChI is InChI=1S/C17H24N2O/c1-11-7-8-14(9-12(11)2)17(19-18)16-10-13-5-3-4-6-15(13)20-16/h3-6,10-12,14,17,19H,7-9,18H2,1-2H3. The van der Waals surface area contributed by atoms with Crippen LogP contribution in [0.1, 0.15) is 44.9 Å². The number of para-hydroxylation sites is 1. The summed E-state index contributed by atoms with van der Waals surface area (Å²) in [5, 5.41) is 1.15. The molecule has 3 heteroatoms. The van der Waals surface area contributed by atoms with E-state index in [1.807, 2.05) is 18.2 Å². The molecule has 1 saturated carbocycles. The van der Waals surface area contributed by atoms with Gasteiger partial charge in [0.05, 0.1) is 6.04 Å².